The minimum Gasteiger partial charge on any atom is -0.480 e. The number of benzene rings is 1. The first-order chi connectivity index (χ1) is 8.95. The topological polar surface area (TPSA) is 99.4 Å². The van der Waals surface area contributed by atoms with Crippen LogP contribution in [-0.4, -0.2) is 29.1 Å². The summed E-state index contributed by atoms with van der Waals surface area (Å²) in [6.45, 7) is 2.84. The van der Waals surface area contributed by atoms with Crippen molar-refractivity contribution in [3.63, 3.8) is 0 Å². The van der Waals surface area contributed by atoms with E-state index in [2.05, 4.69) is 5.32 Å². The molecule has 1 amide bonds. The Bertz CT molecular complexity index is 522. The highest BCUT2D eigenvalue weighted by Gasteiger charge is 2.20. The molecule has 0 aliphatic rings. The molecule has 2 N–H and O–H groups in total. The highest BCUT2D eigenvalue weighted by Crippen LogP contribution is 2.18. The SMILES string of the molecule is CC(Oc1ccccc1C#N)C(=O)N[C@@H](C)C(=O)O. The average molecular weight is 262 g/mol. The van der Waals surface area contributed by atoms with Gasteiger partial charge in [-0.15, -0.1) is 0 Å². The maximum Gasteiger partial charge on any atom is 0.325 e. The van der Waals surface area contributed by atoms with E-state index < -0.39 is 24.0 Å². The predicted octanol–water partition coefficient (Wildman–Crippen LogP) is 0.915. The zero-order valence-corrected chi connectivity index (χ0v) is 10.6. The Morgan fingerprint density at radius 2 is 2.00 bits per heavy atom. The number of carbonyl (C=O) groups is 2. The number of carbonyl (C=O) groups excluding carboxylic acids is 1. The highest BCUT2D eigenvalue weighted by atomic mass is 16.5. The van der Waals surface area contributed by atoms with Crippen molar-refractivity contribution in [3.8, 4) is 11.8 Å². The molecule has 0 saturated heterocycles. The second-order valence-electron chi connectivity index (χ2n) is 3.94. The van der Waals surface area contributed by atoms with Crippen molar-refractivity contribution in [1.29, 1.82) is 5.26 Å². The van der Waals surface area contributed by atoms with Crippen molar-refractivity contribution in [2.75, 3.05) is 0 Å². The quantitative estimate of drug-likeness (QED) is 0.821. The summed E-state index contributed by atoms with van der Waals surface area (Å²) in [5.74, 6) is -1.39. The first kappa shape index (κ1) is 14.5. The van der Waals surface area contributed by atoms with Gasteiger partial charge in [-0.05, 0) is 26.0 Å². The van der Waals surface area contributed by atoms with Crippen LogP contribution in [0.3, 0.4) is 0 Å². The van der Waals surface area contributed by atoms with E-state index in [9.17, 15) is 9.59 Å². The van der Waals surface area contributed by atoms with Crippen LogP contribution >= 0.6 is 0 Å². The molecule has 1 aromatic rings. The van der Waals surface area contributed by atoms with Gasteiger partial charge in [0.25, 0.3) is 5.91 Å². The standard InChI is InChI=1S/C13H14N2O4/c1-8(13(17)18)15-12(16)9(2)19-11-6-4-3-5-10(11)7-14/h3-6,8-9H,1-2H3,(H,15,16)(H,17,18)/t8-,9?/m0/s1. The van der Waals surface area contributed by atoms with Crippen molar-refractivity contribution in [2.24, 2.45) is 0 Å². The Kier molecular flexibility index (Phi) is 4.89. The second kappa shape index (κ2) is 6.40. The second-order valence-corrected chi connectivity index (χ2v) is 3.94. The summed E-state index contributed by atoms with van der Waals surface area (Å²) in [5.41, 5.74) is 0.313. The van der Waals surface area contributed by atoms with Gasteiger partial charge in [-0.3, -0.25) is 9.59 Å². The van der Waals surface area contributed by atoms with Crippen LogP contribution in [0.1, 0.15) is 19.4 Å². The summed E-state index contributed by atoms with van der Waals surface area (Å²) in [4.78, 5) is 22.3. The molecule has 0 radical (unpaired) electrons. The summed E-state index contributed by atoms with van der Waals surface area (Å²) in [6.07, 6.45) is -0.892. The number of carboxylic acid groups (broad SMARTS) is 1. The Morgan fingerprint density at radius 1 is 1.37 bits per heavy atom. The van der Waals surface area contributed by atoms with E-state index >= 15 is 0 Å². The lowest BCUT2D eigenvalue weighted by Gasteiger charge is -2.17. The first-order valence-corrected chi connectivity index (χ1v) is 5.64. The molecular weight excluding hydrogens is 248 g/mol. The van der Waals surface area contributed by atoms with E-state index in [1.807, 2.05) is 6.07 Å². The van der Waals surface area contributed by atoms with E-state index in [1.54, 1.807) is 24.3 Å². The molecule has 0 aromatic heterocycles. The Morgan fingerprint density at radius 3 is 2.58 bits per heavy atom. The lowest BCUT2D eigenvalue weighted by atomic mass is 10.2. The molecular formula is C13H14N2O4. The van der Waals surface area contributed by atoms with Gasteiger partial charge in [-0.1, -0.05) is 12.1 Å². The van der Waals surface area contributed by atoms with Gasteiger partial charge in [-0.2, -0.15) is 5.26 Å². The third-order valence-corrected chi connectivity index (χ3v) is 2.41. The minimum absolute atomic E-state index is 0.288. The van der Waals surface area contributed by atoms with Gasteiger partial charge >= 0.3 is 5.97 Å². The lowest BCUT2D eigenvalue weighted by molar-refractivity contribution is -0.142. The van der Waals surface area contributed by atoms with Gasteiger partial charge in [0.1, 0.15) is 17.9 Å². The summed E-state index contributed by atoms with van der Waals surface area (Å²) < 4.78 is 5.35. The van der Waals surface area contributed by atoms with Crippen LogP contribution in [0.4, 0.5) is 0 Å². The fourth-order valence-corrected chi connectivity index (χ4v) is 1.30. The lowest BCUT2D eigenvalue weighted by Crippen LogP contribution is -2.44. The highest BCUT2D eigenvalue weighted by molar-refractivity contribution is 5.86. The molecule has 0 bridgehead atoms. The maximum atomic E-state index is 11.7. The predicted molar refractivity (Wildman–Crippen MR) is 66.5 cm³/mol. The van der Waals surface area contributed by atoms with Crippen LogP contribution in [0.5, 0.6) is 5.75 Å². The van der Waals surface area contributed by atoms with Crippen LogP contribution in [0, 0.1) is 11.3 Å². The van der Waals surface area contributed by atoms with E-state index in [0.717, 1.165) is 0 Å². The minimum atomic E-state index is -1.13. The van der Waals surface area contributed by atoms with Crippen molar-refractivity contribution >= 4 is 11.9 Å². The van der Waals surface area contributed by atoms with Crippen molar-refractivity contribution in [3.05, 3.63) is 29.8 Å². The van der Waals surface area contributed by atoms with Crippen LogP contribution < -0.4 is 10.1 Å². The Balaban J connectivity index is 2.69. The van der Waals surface area contributed by atoms with E-state index in [-0.39, 0.29) is 5.75 Å². The molecule has 0 spiro atoms. The molecule has 6 heteroatoms. The van der Waals surface area contributed by atoms with Gasteiger partial charge in [-0.25, -0.2) is 0 Å². The summed E-state index contributed by atoms with van der Waals surface area (Å²) >= 11 is 0. The number of nitriles is 1. The number of amides is 1. The van der Waals surface area contributed by atoms with Crippen LogP contribution in [0.25, 0.3) is 0 Å². The van der Waals surface area contributed by atoms with Crippen LogP contribution in [0.2, 0.25) is 0 Å². The third-order valence-electron chi connectivity index (χ3n) is 2.41. The third kappa shape index (κ3) is 4.00. The molecule has 19 heavy (non-hydrogen) atoms. The number of hydrogen-bond acceptors (Lipinski definition) is 4. The number of hydrogen-bond donors (Lipinski definition) is 2. The number of nitrogens with zero attached hydrogens (tertiary/aromatic N) is 1. The zero-order chi connectivity index (χ0) is 14.4. The number of carboxylic acids is 1. The van der Waals surface area contributed by atoms with Gasteiger partial charge in [0.2, 0.25) is 0 Å². The fraction of sp³-hybridized carbons (Fsp3) is 0.308. The molecule has 0 fully saturated rings. The smallest absolute Gasteiger partial charge is 0.325 e. The first-order valence-electron chi connectivity index (χ1n) is 5.64. The number of rotatable bonds is 5. The average Bonchev–Trinajstić information content (AvgIpc) is 2.38. The molecule has 0 aliphatic heterocycles. The van der Waals surface area contributed by atoms with Gasteiger partial charge in [0, 0.05) is 0 Å². The zero-order valence-electron chi connectivity index (χ0n) is 10.6. The van der Waals surface area contributed by atoms with E-state index in [4.69, 9.17) is 15.1 Å². The molecule has 100 valence electrons. The molecule has 1 aromatic carbocycles. The number of nitrogens with one attached hydrogen (secondary N) is 1. The Labute approximate surface area is 110 Å². The van der Waals surface area contributed by atoms with Crippen molar-refractivity contribution in [1.82, 2.24) is 5.32 Å². The van der Waals surface area contributed by atoms with Gasteiger partial charge in [0.15, 0.2) is 6.10 Å². The van der Waals surface area contributed by atoms with Crippen molar-refractivity contribution in [2.45, 2.75) is 26.0 Å². The van der Waals surface area contributed by atoms with Gasteiger partial charge in [0.05, 0.1) is 5.56 Å². The molecule has 0 saturated carbocycles. The summed E-state index contributed by atoms with van der Waals surface area (Å²) in [5, 5.41) is 19.9. The number of aliphatic carboxylic acids is 1. The van der Waals surface area contributed by atoms with Crippen molar-refractivity contribution < 1.29 is 19.4 Å². The molecule has 0 aliphatic carbocycles. The van der Waals surface area contributed by atoms with Crippen LogP contribution in [-0.2, 0) is 9.59 Å². The summed E-state index contributed by atoms with van der Waals surface area (Å²) in [7, 11) is 0. The molecule has 1 unspecified atom stereocenters. The molecule has 2 atom stereocenters. The molecule has 0 heterocycles. The number of para-hydroxylation sites is 1. The monoisotopic (exact) mass is 262 g/mol. The summed E-state index contributed by atoms with van der Waals surface area (Å²) in [6, 6.07) is 7.46. The van der Waals surface area contributed by atoms with Crippen LogP contribution in [0.15, 0.2) is 24.3 Å². The maximum absolute atomic E-state index is 11.7. The van der Waals surface area contributed by atoms with E-state index in [1.165, 1.54) is 13.8 Å². The Hall–Kier alpha value is -2.55. The number of ether oxygens (including phenoxy) is 1. The van der Waals surface area contributed by atoms with E-state index in [0.29, 0.717) is 5.56 Å². The molecule has 1 rings (SSSR count). The normalized spacial score (nSPS) is 12.9. The van der Waals surface area contributed by atoms with Gasteiger partial charge < -0.3 is 15.2 Å². The fourth-order valence-electron chi connectivity index (χ4n) is 1.30. The largest absolute Gasteiger partial charge is 0.480 e. The molecule has 6 nitrogen and oxygen atoms in total.